The summed E-state index contributed by atoms with van der Waals surface area (Å²) in [6.45, 7) is 17.0. The Morgan fingerprint density at radius 3 is 1.68 bits per heavy atom. The third-order valence-corrected chi connectivity index (χ3v) is 15.3. The number of nitrogens with zero attached hydrogens (tertiary/aromatic N) is 2. The highest BCUT2D eigenvalue weighted by Gasteiger charge is 2.38. The molecule has 1 saturated heterocycles. The average molecular weight is 1180 g/mol. The van der Waals surface area contributed by atoms with E-state index in [1.807, 2.05) is 133 Å². The fraction of sp³-hybridized carbons (Fsp3) is 0.578. The summed E-state index contributed by atoms with van der Waals surface area (Å²) in [5, 5.41) is 33.7. The summed E-state index contributed by atoms with van der Waals surface area (Å²) >= 11 is 0. The number of imide groups is 1. The van der Waals surface area contributed by atoms with E-state index >= 15 is 0 Å². The van der Waals surface area contributed by atoms with E-state index in [1.54, 1.807) is 0 Å². The predicted octanol–water partition coefficient (Wildman–Crippen LogP) is 3.65. The number of ketones is 1. The van der Waals surface area contributed by atoms with Crippen LogP contribution in [-0.2, 0) is 57.6 Å². The van der Waals surface area contributed by atoms with Gasteiger partial charge in [0.1, 0.15) is 23.9 Å². The number of urea groups is 1. The maximum atomic E-state index is 14.7. The summed E-state index contributed by atoms with van der Waals surface area (Å²) in [6.07, 6.45) is 2.70. The van der Waals surface area contributed by atoms with Crippen LogP contribution in [0.15, 0.2) is 91.0 Å². The number of aliphatic hydroxyl groups is 1. The van der Waals surface area contributed by atoms with Gasteiger partial charge in [-0.05, 0) is 106 Å². The number of carbonyl (C=O) groups excluding carboxylic acids is 9. The fourth-order valence-corrected chi connectivity index (χ4v) is 10.2. The number of hydrogen-bond acceptors (Lipinski definition) is 13. The second kappa shape index (κ2) is 36.0. The van der Waals surface area contributed by atoms with Gasteiger partial charge in [-0.3, -0.25) is 43.8 Å². The molecule has 11 N–H and O–H groups in total. The molecule has 85 heavy (non-hydrogen) atoms. The molecule has 3 aromatic carbocycles. The van der Waals surface area contributed by atoms with Crippen molar-refractivity contribution < 1.29 is 48.3 Å². The first-order valence-corrected chi connectivity index (χ1v) is 30.3. The Kier molecular flexibility index (Phi) is 29.9. The zero-order chi connectivity index (χ0) is 62.8. The molecular formula is C64H97N11O10. The van der Waals surface area contributed by atoms with E-state index in [-0.39, 0.29) is 73.6 Å². The molecule has 1 fully saturated rings. The van der Waals surface area contributed by atoms with E-state index in [1.165, 1.54) is 32.7 Å². The Morgan fingerprint density at radius 1 is 0.612 bits per heavy atom. The maximum absolute atomic E-state index is 14.7. The molecule has 1 aliphatic heterocycles. The van der Waals surface area contributed by atoms with E-state index in [2.05, 4.69) is 42.5 Å². The Hall–Kier alpha value is -7.07. The van der Waals surface area contributed by atoms with Crippen molar-refractivity contribution in [2.24, 2.45) is 29.4 Å². The van der Waals surface area contributed by atoms with Crippen molar-refractivity contribution in [3.05, 3.63) is 108 Å². The summed E-state index contributed by atoms with van der Waals surface area (Å²) in [5.74, 6) is -4.97. The van der Waals surface area contributed by atoms with Gasteiger partial charge >= 0.3 is 6.03 Å². The van der Waals surface area contributed by atoms with E-state index < -0.39 is 90.1 Å². The van der Waals surface area contributed by atoms with Crippen LogP contribution in [0.4, 0.5) is 4.79 Å². The standard InChI is InChI=1S/C64H97N11O10/c1-11-42(6)55(60(81)67-38-49(34-43(7)76)35-46-24-16-12-17-25-46)72-58(79)51(32-40(2)3)66-39-50(36-47-26-18-13-19-27-47)69-64(85)74(10)62(83)52(33-41(4)5)70-53(37-48-28-20-14-21-29-48)71-57(78)44(8)68-61(82)56(73-59(80)54(65)45(9)77)63(84)75-30-22-15-23-31-75/h12-14,16-21,24-29,40-42,44-45,49-56,66,70,77H,11,15,22-23,30-39,65H2,1-10H3,(H,67,81)(H,68,82)(H,69,85)(H,71,78)(H,72,79)(H,73,80)/t42-,44+,45+,49-,50-,51-,52-,53-,54-,55-,56-/m0/s1. The minimum atomic E-state index is -1.74. The van der Waals surface area contributed by atoms with Gasteiger partial charge in [0.2, 0.25) is 29.5 Å². The highest BCUT2D eigenvalue weighted by molar-refractivity contribution is 6.08. The number of likely N-dealkylation sites (tertiary alicyclic amines) is 1. The molecular weight excluding hydrogens is 1080 g/mol. The second-order valence-electron chi connectivity index (χ2n) is 23.8. The normalized spacial score (nSPS) is 16.4. The van der Waals surface area contributed by atoms with Crippen LogP contribution in [0.3, 0.4) is 0 Å². The molecule has 9 amide bonds. The number of amides is 9. The molecule has 4 rings (SSSR count). The van der Waals surface area contributed by atoms with Crippen LogP contribution < -0.4 is 48.3 Å². The average Bonchev–Trinajstić information content (AvgIpc) is 3.64. The van der Waals surface area contributed by atoms with Crippen molar-refractivity contribution in [2.75, 3.05) is 33.2 Å². The number of nitrogens with two attached hydrogens (primary N) is 1. The molecule has 0 unspecified atom stereocenters. The number of aliphatic hydroxyl groups excluding tert-OH is 1. The van der Waals surface area contributed by atoms with E-state index in [0.29, 0.717) is 51.6 Å². The van der Waals surface area contributed by atoms with Crippen LogP contribution in [0.5, 0.6) is 0 Å². The van der Waals surface area contributed by atoms with Crippen LogP contribution in [0.2, 0.25) is 0 Å². The number of hydrogen-bond donors (Lipinski definition) is 10. The maximum Gasteiger partial charge on any atom is 0.324 e. The Bertz CT molecular complexity index is 2600. The molecule has 1 aliphatic rings. The number of carbonyl (C=O) groups is 9. The van der Waals surface area contributed by atoms with Crippen LogP contribution in [0.25, 0.3) is 0 Å². The summed E-state index contributed by atoms with van der Waals surface area (Å²) < 4.78 is 0. The van der Waals surface area contributed by atoms with Crippen LogP contribution in [-0.4, -0.2) is 156 Å². The SMILES string of the molecule is CC[C@H](C)[C@H](NC(=O)[C@H](CC(C)C)NC[C@H](Cc1ccccc1)NC(=O)N(C)C(=O)[C@H](CC(C)C)N[C@H](Cc1ccccc1)NC(=O)[C@@H](C)NC(=O)[C@H](NC(=O)[C@@H](N)[C@@H](C)O)C(=O)N1CCCCC1)C(=O)NC[C@@H](CC(C)=O)Cc1ccccc1. The minimum absolute atomic E-state index is 0.0161. The van der Waals surface area contributed by atoms with Crippen LogP contribution >= 0.6 is 0 Å². The zero-order valence-electron chi connectivity index (χ0n) is 51.7. The molecule has 21 heteroatoms. The molecule has 3 aromatic rings. The molecule has 0 saturated carbocycles. The lowest BCUT2D eigenvalue weighted by molar-refractivity contribution is -0.144. The van der Waals surface area contributed by atoms with Gasteiger partial charge in [-0.2, -0.15) is 0 Å². The molecule has 11 atom stereocenters. The molecule has 1 heterocycles. The number of Topliss-reactive ketones (excluding diaryl/α,β-unsaturated/α-hetero) is 1. The molecule has 468 valence electrons. The van der Waals surface area contributed by atoms with Crippen LogP contribution in [0.1, 0.15) is 124 Å². The molecule has 0 bridgehead atoms. The van der Waals surface area contributed by atoms with E-state index in [9.17, 15) is 48.3 Å². The smallest absolute Gasteiger partial charge is 0.324 e. The van der Waals surface area contributed by atoms with Gasteiger partial charge in [0, 0.05) is 52.1 Å². The number of likely N-dealkylation sites (N-methyl/N-ethyl adjacent to an activating group) is 1. The Morgan fingerprint density at radius 2 is 1.15 bits per heavy atom. The third kappa shape index (κ3) is 24.4. The van der Waals surface area contributed by atoms with Gasteiger partial charge in [-0.25, -0.2) is 4.79 Å². The second-order valence-corrected chi connectivity index (χ2v) is 23.8. The van der Waals surface area contributed by atoms with Crippen molar-refractivity contribution in [3.8, 4) is 0 Å². The van der Waals surface area contributed by atoms with Crippen molar-refractivity contribution >= 4 is 53.2 Å². The first-order valence-electron chi connectivity index (χ1n) is 30.3. The lowest BCUT2D eigenvalue weighted by atomic mass is 9.93. The summed E-state index contributed by atoms with van der Waals surface area (Å²) in [4.78, 5) is 127. The highest BCUT2D eigenvalue weighted by Crippen LogP contribution is 2.17. The van der Waals surface area contributed by atoms with Crippen molar-refractivity contribution in [2.45, 2.75) is 181 Å². The van der Waals surface area contributed by atoms with Gasteiger partial charge in [-0.1, -0.05) is 139 Å². The minimum Gasteiger partial charge on any atom is -0.391 e. The number of piperidine rings is 1. The van der Waals surface area contributed by atoms with Gasteiger partial charge in [0.15, 0.2) is 6.04 Å². The quantitative estimate of drug-likeness (QED) is 0.0302. The highest BCUT2D eigenvalue weighted by atomic mass is 16.3. The van der Waals surface area contributed by atoms with Gasteiger partial charge < -0.3 is 57.8 Å². The Balaban J connectivity index is 1.53. The molecule has 0 spiro atoms. The monoisotopic (exact) mass is 1180 g/mol. The van der Waals surface area contributed by atoms with Crippen molar-refractivity contribution in [1.82, 2.24) is 52.3 Å². The molecule has 0 radical (unpaired) electrons. The molecule has 0 aromatic heterocycles. The van der Waals surface area contributed by atoms with Crippen molar-refractivity contribution in [1.29, 1.82) is 0 Å². The largest absolute Gasteiger partial charge is 0.391 e. The summed E-state index contributed by atoms with van der Waals surface area (Å²) in [7, 11) is 1.37. The lowest BCUT2D eigenvalue weighted by Gasteiger charge is -2.32. The van der Waals surface area contributed by atoms with Gasteiger partial charge in [0.05, 0.1) is 24.4 Å². The number of rotatable bonds is 34. The lowest BCUT2D eigenvalue weighted by Crippen LogP contribution is -2.63. The van der Waals surface area contributed by atoms with Crippen molar-refractivity contribution in [3.63, 3.8) is 0 Å². The topological polar surface area (TPSA) is 303 Å². The first kappa shape index (κ1) is 70.4. The third-order valence-electron chi connectivity index (χ3n) is 15.3. The zero-order valence-corrected chi connectivity index (χ0v) is 51.7. The first-order chi connectivity index (χ1) is 40.4. The predicted molar refractivity (Wildman–Crippen MR) is 328 cm³/mol. The molecule has 21 nitrogen and oxygen atoms in total. The number of benzene rings is 3. The van der Waals surface area contributed by atoms with E-state index in [0.717, 1.165) is 28.0 Å². The molecule has 0 aliphatic carbocycles. The fourth-order valence-electron chi connectivity index (χ4n) is 10.2. The number of nitrogens with one attached hydrogen (secondary N) is 8. The van der Waals surface area contributed by atoms with Gasteiger partial charge in [-0.15, -0.1) is 0 Å². The summed E-state index contributed by atoms with van der Waals surface area (Å²) in [6, 6.07) is 19.9. The van der Waals surface area contributed by atoms with E-state index in [4.69, 9.17) is 5.73 Å². The van der Waals surface area contributed by atoms with Crippen LogP contribution in [0, 0.1) is 23.7 Å². The summed E-state index contributed by atoms with van der Waals surface area (Å²) in [5.41, 5.74) is 8.59. The Labute approximate surface area is 503 Å². The van der Waals surface area contributed by atoms with Gasteiger partial charge in [0.25, 0.3) is 11.8 Å².